The van der Waals surface area contributed by atoms with Crippen LogP contribution in [-0.4, -0.2) is 38.0 Å². The molecule has 0 spiro atoms. The van der Waals surface area contributed by atoms with Crippen molar-refractivity contribution in [3.63, 3.8) is 0 Å². The number of hydrogen-bond acceptors (Lipinski definition) is 5. The average molecular weight is 417 g/mol. The van der Waals surface area contributed by atoms with Crippen molar-refractivity contribution >= 4 is 18.6 Å². The molecule has 0 saturated heterocycles. The van der Waals surface area contributed by atoms with E-state index in [1.807, 2.05) is 0 Å². The Hall–Kier alpha value is -0.260. The van der Waals surface area contributed by atoms with E-state index in [4.69, 9.17) is 5.73 Å². The van der Waals surface area contributed by atoms with E-state index in [1.165, 1.54) is 90.6 Å². The van der Waals surface area contributed by atoms with Crippen LogP contribution in [0.1, 0.15) is 109 Å². The second-order valence-electron chi connectivity index (χ2n) is 8.11. The minimum atomic E-state index is -0.0716. The van der Waals surface area contributed by atoms with Gasteiger partial charge in [-0.15, -0.1) is 0 Å². The van der Waals surface area contributed by atoms with Crippen LogP contribution in [-0.2, 0) is 9.53 Å². The molecule has 28 heavy (non-hydrogen) atoms. The largest absolute Gasteiger partial charge is 0.469 e. The first kappa shape index (κ1) is 27.7. The van der Waals surface area contributed by atoms with Crippen molar-refractivity contribution in [1.82, 2.24) is 5.32 Å². The van der Waals surface area contributed by atoms with Gasteiger partial charge in [0.15, 0.2) is 0 Å². The van der Waals surface area contributed by atoms with Crippen molar-refractivity contribution in [1.29, 1.82) is 0 Å². The highest BCUT2D eigenvalue weighted by Crippen LogP contribution is 2.13. The first-order chi connectivity index (χ1) is 13.7. The highest BCUT2D eigenvalue weighted by Gasteiger charge is 2.00. The summed E-state index contributed by atoms with van der Waals surface area (Å²) in [4.78, 5) is 11.0. The van der Waals surface area contributed by atoms with Gasteiger partial charge in [0.1, 0.15) is 0 Å². The summed E-state index contributed by atoms with van der Waals surface area (Å²) >= 11 is 4.21. The SMILES string of the molecule is COC(=O)CCCCCCCCCCCCCCCCCNCC(N)CCS. The summed E-state index contributed by atoms with van der Waals surface area (Å²) in [6, 6.07) is 0.260. The van der Waals surface area contributed by atoms with Crippen LogP contribution in [0.5, 0.6) is 0 Å². The molecule has 0 aromatic heterocycles. The Morgan fingerprint density at radius 1 is 0.821 bits per heavy atom. The smallest absolute Gasteiger partial charge is 0.305 e. The molecule has 0 aromatic carbocycles. The Bertz CT molecular complexity index is 330. The van der Waals surface area contributed by atoms with Gasteiger partial charge in [0, 0.05) is 19.0 Å². The maximum atomic E-state index is 11.0. The van der Waals surface area contributed by atoms with Crippen LogP contribution in [0.4, 0.5) is 0 Å². The second-order valence-corrected chi connectivity index (χ2v) is 8.55. The van der Waals surface area contributed by atoms with Crippen molar-refractivity contribution in [3.05, 3.63) is 0 Å². The molecule has 168 valence electrons. The molecule has 0 rings (SSSR count). The van der Waals surface area contributed by atoms with Crippen LogP contribution in [0, 0.1) is 0 Å². The molecule has 0 bridgehead atoms. The van der Waals surface area contributed by atoms with Crippen LogP contribution in [0.15, 0.2) is 0 Å². The van der Waals surface area contributed by atoms with Crippen LogP contribution < -0.4 is 11.1 Å². The van der Waals surface area contributed by atoms with E-state index in [2.05, 4.69) is 22.7 Å². The third-order valence-electron chi connectivity index (χ3n) is 5.37. The average Bonchev–Trinajstić information content (AvgIpc) is 2.69. The number of ether oxygens (including phenoxy) is 1. The molecule has 1 atom stereocenters. The van der Waals surface area contributed by atoms with Gasteiger partial charge in [-0.2, -0.15) is 12.6 Å². The second kappa shape index (κ2) is 23.0. The molecule has 0 amide bonds. The zero-order valence-electron chi connectivity index (χ0n) is 18.6. The highest BCUT2D eigenvalue weighted by molar-refractivity contribution is 7.80. The summed E-state index contributed by atoms with van der Waals surface area (Å²) in [7, 11) is 1.46. The molecule has 3 N–H and O–H groups in total. The van der Waals surface area contributed by atoms with Crippen LogP contribution in [0.2, 0.25) is 0 Å². The van der Waals surface area contributed by atoms with Crippen molar-refractivity contribution in [3.8, 4) is 0 Å². The third-order valence-corrected chi connectivity index (χ3v) is 5.63. The van der Waals surface area contributed by atoms with Gasteiger partial charge in [-0.3, -0.25) is 4.79 Å². The molecule has 4 nitrogen and oxygen atoms in total. The van der Waals surface area contributed by atoms with Crippen molar-refractivity contribution < 1.29 is 9.53 Å². The van der Waals surface area contributed by atoms with E-state index in [-0.39, 0.29) is 12.0 Å². The molecule has 0 aromatic rings. The normalized spacial score (nSPS) is 12.2. The molecule has 0 aliphatic rings. The molecule has 0 saturated carbocycles. The highest BCUT2D eigenvalue weighted by atomic mass is 32.1. The number of rotatable bonds is 22. The van der Waals surface area contributed by atoms with Crippen molar-refractivity contribution in [2.75, 3.05) is 26.0 Å². The van der Waals surface area contributed by atoms with E-state index in [1.54, 1.807) is 0 Å². The van der Waals surface area contributed by atoms with E-state index in [9.17, 15) is 4.79 Å². The predicted molar refractivity (Wildman–Crippen MR) is 125 cm³/mol. The van der Waals surface area contributed by atoms with Gasteiger partial charge in [-0.05, 0) is 31.6 Å². The number of hydrogen-bond donors (Lipinski definition) is 3. The zero-order chi connectivity index (χ0) is 20.7. The lowest BCUT2D eigenvalue weighted by Gasteiger charge is -2.11. The van der Waals surface area contributed by atoms with Gasteiger partial charge in [-0.25, -0.2) is 0 Å². The number of carbonyl (C=O) groups excluding carboxylic acids is 1. The Kier molecular flexibility index (Phi) is 22.8. The molecule has 0 aliphatic carbocycles. The lowest BCUT2D eigenvalue weighted by atomic mass is 10.0. The zero-order valence-corrected chi connectivity index (χ0v) is 19.5. The van der Waals surface area contributed by atoms with Crippen LogP contribution in [0.25, 0.3) is 0 Å². The quantitative estimate of drug-likeness (QED) is 0.121. The summed E-state index contributed by atoms with van der Waals surface area (Å²) in [5.74, 6) is 0.806. The first-order valence-electron chi connectivity index (χ1n) is 11.8. The maximum Gasteiger partial charge on any atom is 0.305 e. The Morgan fingerprint density at radius 2 is 1.25 bits per heavy atom. The maximum absolute atomic E-state index is 11.0. The minimum absolute atomic E-state index is 0.0716. The molecule has 0 fully saturated rings. The fraction of sp³-hybridized carbons (Fsp3) is 0.957. The summed E-state index contributed by atoms with van der Waals surface area (Å²) in [6.07, 6.45) is 21.4. The van der Waals surface area contributed by atoms with E-state index < -0.39 is 0 Å². The fourth-order valence-electron chi connectivity index (χ4n) is 3.47. The molecule has 5 heteroatoms. The number of unbranched alkanes of at least 4 members (excludes halogenated alkanes) is 14. The predicted octanol–water partition coefficient (Wildman–Crippen LogP) is 5.64. The van der Waals surface area contributed by atoms with E-state index in [0.717, 1.165) is 38.1 Å². The van der Waals surface area contributed by atoms with Crippen LogP contribution in [0.3, 0.4) is 0 Å². The van der Waals surface area contributed by atoms with Crippen molar-refractivity contribution in [2.24, 2.45) is 5.73 Å². The Morgan fingerprint density at radius 3 is 1.68 bits per heavy atom. The molecule has 1 unspecified atom stereocenters. The number of carbonyl (C=O) groups is 1. The molecule has 0 radical (unpaired) electrons. The summed E-state index contributed by atoms with van der Waals surface area (Å²) < 4.78 is 4.65. The topological polar surface area (TPSA) is 64.3 Å². The van der Waals surface area contributed by atoms with Gasteiger partial charge >= 0.3 is 5.97 Å². The Balaban J connectivity index is 3.06. The number of esters is 1. The number of methoxy groups -OCH3 is 1. The number of nitrogens with one attached hydrogen (secondary N) is 1. The summed E-state index contributed by atoms with van der Waals surface area (Å²) in [6.45, 7) is 2.03. The molecular weight excluding hydrogens is 368 g/mol. The minimum Gasteiger partial charge on any atom is -0.469 e. The number of nitrogens with two attached hydrogens (primary N) is 1. The fourth-order valence-corrected chi connectivity index (χ4v) is 3.81. The summed E-state index contributed by atoms with van der Waals surface area (Å²) in [5.41, 5.74) is 5.94. The lowest BCUT2D eigenvalue weighted by molar-refractivity contribution is -0.140. The lowest BCUT2D eigenvalue weighted by Crippen LogP contribution is -2.34. The van der Waals surface area contributed by atoms with E-state index in [0.29, 0.717) is 6.42 Å². The van der Waals surface area contributed by atoms with Gasteiger partial charge in [0.05, 0.1) is 7.11 Å². The first-order valence-corrected chi connectivity index (χ1v) is 12.5. The van der Waals surface area contributed by atoms with Gasteiger partial charge in [-0.1, -0.05) is 83.5 Å². The Labute approximate surface area is 180 Å². The van der Waals surface area contributed by atoms with Crippen LogP contribution >= 0.6 is 12.6 Å². The van der Waals surface area contributed by atoms with Gasteiger partial charge < -0.3 is 15.8 Å². The monoisotopic (exact) mass is 416 g/mol. The van der Waals surface area contributed by atoms with E-state index >= 15 is 0 Å². The third kappa shape index (κ3) is 22.0. The standard InChI is InChI=1S/C23H48N2O2S/c1-27-23(26)17-15-13-11-9-7-5-3-2-4-6-8-10-12-14-16-19-25-21-22(24)18-20-28/h22,25,28H,2-21,24H2,1H3. The number of thiol groups is 1. The van der Waals surface area contributed by atoms with Gasteiger partial charge in [0.25, 0.3) is 0 Å². The molecule has 0 aliphatic heterocycles. The summed E-state index contributed by atoms with van der Waals surface area (Å²) in [5, 5.41) is 3.45. The van der Waals surface area contributed by atoms with Crippen molar-refractivity contribution in [2.45, 2.75) is 115 Å². The molecule has 0 heterocycles. The van der Waals surface area contributed by atoms with Gasteiger partial charge in [0.2, 0.25) is 0 Å². The molecular formula is C23H48N2O2S.